The molecule has 0 saturated carbocycles. The summed E-state index contributed by atoms with van der Waals surface area (Å²) in [7, 11) is 0. The van der Waals surface area contributed by atoms with Crippen LogP contribution in [0.1, 0.15) is 31.3 Å². The van der Waals surface area contributed by atoms with Crippen LogP contribution < -0.4 is 5.32 Å². The summed E-state index contributed by atoms with van der Waals surface area (Å²) in [5.74, 6) is -0.770. The van der Waals surface area contributed by atoms with E-state index >= 15 is 0 Å². The number of anilines is 1. The molecule has 1 amide bonds. The Balaban J connectivity index is 2.48. The van der Waals surface area contributed by atoms with E-state index in [9.17, 15) is 9.59 Å². The Hall–Kier alpha value is -1.65. The predicted octanol–water partition coefficient (Wildman–Crippen LogP) is 0.773. The van der Waals surface area contributed by atoms with E-state index in [-0.39, 0.29) is 5.41 Å². The highest BCUT2D eigenvalue weighted by molar-refractivity contribution is 6.43. The number of fused-ring (bicyclic) bond motifs is 1. The summed E-state index contributed by atoms with van der Waals surface area (Å²) < 4.78 is 1.11. The predicted molar refractivity (Wildman–Crippen MR) is 50.2 cm³/mol. The maximum atomic E-state index is 11.2. The summed E-state index contributed by atoms with van der Waals surface area (Å²) in [6, 6.07) is 1.72. The molecule has 5 heteroatoms. The fourth-order valence-electron chi connectivity index (χ4n) is 1.26. The maximum absolute atomic E-state index is 11.2. The minimum atomic E-state index is -0.618. The molecule has 0 aliphatic carbocycles. The molecule has 1 aliphatic rings. The Morgan fingerprint density at radius 3 is 2.50 bits per heavy atom. The molecule has 0 spiro atoms. The zero-order valence-electron chi connectivity index (χ0n) is 8.29. The Labute approximate surface area is 81.1 Å². The van der Waals surface area contributed by atoms with Crippen molar-refractivity contribution in [3.05, 3.63) is 11.8 Å². The molecule has 1 aromatic rings. The van der Waals surface area contributed by atoms with E-state index in [2.05, 4.69) is 10.4 Å². The molecule has 1 aliphatic heterocycles. The quantitative estimate of drug-likeness (QED) is 0.619. The molecule has 1 aromatic heterocycles. The maximum Gasteiger partial charge on any atom is 0.338 e. The molecule has 5 nitrogen and oxygen atoms in total. The lowest BCUT2D eigenvalue weighted by molar-refractivity contribution is -0.112. The van der Waals surface area contributed by atoms with Crippen LogP contribution in [0.4, 0.5) is 5.82 Å². The van der Waals surface area contributed by atoms with Crippen molar-refractivity contribution >= 4 is 17.6 Å². The summed E-state index contributed by atoms with van der Waals surface area (Å²) >= 11 is 0. The normalized spacial score (nSPS) is 15.6. The van der Waals surface area contributed by atoms with Crippen LogP contribution in [0.2, 0.25) is 0 Å². The van der Waals surface area contributed by atoms with E-state index in [1.54, 1.807) is 6.07 Å². The minimum absolute atomic E-state index is 0.123. The van der Waals surface area contributed by atoms with Crippen LogP contribution in [0.15, 0.2) is 6.07 Å². The van der Waals surface area contributed by atoms with Gasteiger partial charge in [-0.2, -0.15) is 9.78 Å². The van der Waals surface area contributed by atoms with E-state index < -0.39 is 11.8 Å². The Bertz CT molecular complexity index is 426. The Morgan fingerprint density at radius 2 is 2.00 bits per heavy atom. The van der Waals surface area contributed by atoms with Gasteiger partial charge in [0.15, 0.2) is 0 Å². The van der Waals surface area contributed by atoms with Crippen molar-refractivity contribution < 1.29 is 9.59 Å². The van der Waals surface area contributed by atoms with Gasteiger partial charge in [-0.3, -0.25) is 9.59 Å². The topological polar surface area (TPSA) is 64.0 Å². The fourth-order valence-corrected chi connectivity index (χ4v) is 1.26. The van der Waals surface area contributed by atoms with Crippen LogP contribution in [-0.4, -0.2) is 21.6 Å². The third-order valence-electron chi connectivity index (χ3n) is 2.11. The van der Waals surface area contributed by atoms with Crippen LogP contribution in [0.3, 0.4) is 0 Å². The molecule has 0 saturated heterocycles. The average molecular weight is 193 g/mol. The van der Waals surface area contributed by atoms with Gasteiger partial charge < -0.3 is 5.32 Å². The lowest BCUT2D eigenvalue weighted by atomic mass is 9.92. The first-order valence-corrected chi connectivity index (χ1v) is 4.36. The summed E-state index contributed by atoms with van der Waals surface area (Å²) in [6.07, 6.45) is 0. The van der Waals surface area contributed by atoms with Crippen LogP contribution in [0.25, 0.3) is 0 Å². The number of nitrogens with zero attached hydrogens (tertiary/aromatic N) is 2. The average Bonchev–Trinajstić information content (AvgIpc) is 2.54. The lowest BCUT2D eigenvalue weighted by Crippen LogP contribution is -2.20. The van der Waals surface area contributed by atoms with E-state index in [1.165, 1.54) is 0 Å². The second-order valence-electron chi connectivity index (χ2n) is 4.34. The third kappa shape index (κ3) is 1.13. The van der Waals surface area contributed by atoms with Gasteiger partial charge >= 0.3 is 11.8 Å². The van der Waals surface area contributed by atoms with Gasteiger partial charge in [0.1, 0.15) is 5.82 Å². The second-order valence-corrected chi connectivity index (χ2v) is 4.34. The van der Waals surface area contributed by atoms with Crippen molar-refractivity contribution in [2.24, 2.45) is 0 Å². The van der Waals surface area contributed by atoms with Gasteiger partial charge in [0.05, 0.1) is 5.69 Å². The van der Waals surface area contributed by atoms with Gasteiger partial charge in [-0.05, 0) is 0 Å². The first-order chi connectivity index (χ1) is 6.39. The molecule has 0 radical (unpaired) electrons. The fraction of sp³-hybridized carbons (Fsp3) is 0.444. The minimum Gasteiger partial charge on any atom is -0.302 e. The molecule has 2 rings (SSSR count). The monoisotopic (exact) mass is 193 g/mol. The number of aromatic nitrogens is 2. The molecule has 1 N–H and O–H groups in total. The van der Waals surface area contributed by atoms with Crippen molar-refractivity contribution in [1.29, 1.82) is 0 Å². The summed E-state index contributed by atoms with van der Waals surface area (Å²) in [6.45, 7) is 5.99. The Kier molecular flexibility index (Phi) is 1.55. The summed E-state index contributed by atoms with van der Waals surface area (Å²) in [5, 5.41) is 6.53. The van der Waals surface area contributed by atoms with E-state index in [1.807, 2.05) is 20.8 Å². The van der Waals surface area contributed by atoms with E-state index in [0.717, 1.165) is 10.4 Å². The smallest absolute Gasteiger partial charge is 0.302 e. The zero-order valence-corrected chi connectivity index (χ0v) is 8.29. The standard InChI is InChI=1S/C9H11N3O2/c1-9(2,3)5-4-6-10-7(13)8(14)12(6)11-5/h4H,1-3H3,(H,10,13). The van der Waals surface area contributed by atoms with Gasteiger partial charge in [0.25, 0.3) is 0 Å². The zero-order chi connectivity index (χ0) is 10.5. The van der Waals surface area contributed by atoms with Crippen molar-refractivity contribution in [3.8, 4) is 0 Å². The first-order valence-electron chi connectivity index (χ1n) is 4.36. The van der Waals surface area contributed by atoms with Crippen LogP contribution in [0, 0.1) is 0 Å². The van der Waals surface area contributed by atoms with Crippen LogP contribution in [0.5, 0.6) is 0 Å². The number of rotatable bonds is 0. The third-order valence-corrected chi connectivity index (χ3v) is 2.11. The molecule has 2 heterocycles. The Morgan fingerprint density at radius 1 is 1.36 bits per heavy atom. The molecule has 74 valence electrons. The molecule has 0 bridgehead atoms. The highest BCUT2D eigenvalue weighted by Gasteiger charge is 2.31. The SMILES string of the molecule is CC(C)(C)c1cc2n(n1)C(=O)C(=O)N2. The molecule has 0 fully saturated rings. The number of hydrogen-bond donors (Lipinski definition) is 1. The van der Waals surface area contributed by atoms with Gasteiger partial charge in [-0.25, -0.2) is 0 Å². The van der Waals surface area contributed by atoms with Crippen molar-refractivity contribution in [3.63, 3.8) is 0 Å². The molecule has 0 unspecified atom stereocenters. The number of carbonyl (C=O) groups excluding carboxylic acids is 2. The highest BCUT2D eigenvalue weighted by Crippen LogP contribution is 2.25. The molecular weight excluding hydrogens is 182 g/mol. The van der Waals surface area contributed by atoms with Crippen LogP contribution >= 0.6 is 0 Å². The van der Waals surface area contributed by atoms with Gasteiger partial charge in [-0.1, -0.05) is 20.8 Å². The van der Waals surface area contributed by atoms with E-state index in [0.29, 0.717) is 5.82 Å². The number of amides is 1. The molecule has 0 atom stereocenters. The summed E-state index contributed by atoms with van der Waals surface area (Å²) in [4.78, 5) is 22.2. The summed E-state index contributed by atoms with van der Waals surface area (Å²) in [5.41, 5.74) is 0.670. The van der Waals surface area contributed by atoms with Gasteiger partial charge in [-0.15, -0.1) is 0 Å². The highest BCUT2D eigenvalue weighted by atomic mass is 16.2. The van der Waals surface area contributed by atoms with Crippen molar-refractivity contribution in [2.75, 3.05) is 5.32 Å². The molecule has 0 aromatic carbocycles. The number of hydrogen-bond acceptors (Lipinski definition) is 3. The first kappa shape index (κ1) is 8.93. The lowest BCUT2D eigenvalue weighted by Gasteiger charge is -2.13. The van der Waals surface area contributed by atoms with Crippen LogP contribution in [-0.2, 0) is 10.2 Å². The largest absolute Gasteiger partial charge is 0.338 e. The number of nitrogens with one attached hydrogen (secondary N) is 1. The molecule has 14 heavy (non-hydrogen) atoms. The number of carbonyl (C=O) groups is 2. The van der Waals surface area contributed by atoms with Crippen molar-refractivity contribution in [2.45, 2.75) is 26.2 Å². The van der Waals surface area contributed by atoms with Gasteiger partial charge in [0, 0.05) is 11.5 Å². The second kappa shape index (κ2) is 2.43. The van der Waals surface area contributed by atoms with Crippen molar-refractivity contribution in [1.82, 2.24) is 9.78 Å². The van der Waals surface area contributed by atoms with Gasteiger partial charge in [0.2, 0.25) is 0 Å². The van der Waals surface area contributed by atoms with E-state index in [4.69, 9.17) is 0 Å². The molecular formula is C9H11N3O2.